The molecule has 1 aliphatic rings. The van der Waals surface area contributed by atoms with Crippen LogP contribution in [0.25, 0.3) is 11.4 Å². The van der Waals surface area contributed by atoms with Crippen molar-refractivity contribution in [2.24, 2.45) is 0 Å². The third-order valence-corrected chi connectivity index (χ3v) is 6.03. The van der Waals surface area contributed by atoms with Gasteiger partial charge < -0.3 is 9.30 Å². The lowest BCUT2D eigenvalue weighted by molar-refractivity contribution is -0.385. The topological polar surface area (TPSA) is 129 Å². The predicted molar refractivity (Wildman–Crippen MR) is 104 cm³/mol. The number of hydrogen-bond donors (Lipinski definition) is 1. The molecule has 2 heterocycles. The summed E-state index contributed by atoms with van der Waals surface area (Å²) in [5.41, 5.74) is 0.669. The van der Waals surface area contributed by atoms with Gasteiger partial charge >= 0.3 is 0 Å². The molecular weight excluding hydrogens is 398 g/mol. The first-order chi connectivity index (χ1) is 13.9. The highest BCUT2D eigenvalue weighted by Gasteiger charge is 2.24. The lowest BCUT2D eigenvalue weighted by Gasteiger charge is -2.12. The van der Waals surface area contributed by atoms with Crippen molar-refractivity contribution in [3.8, 4) is 17.1 Å². The molecule has 0 aliphatic carbocycles. The van der Waals surface area contributed by atoms with Gasteiger partial charge in [0.05, 0.1) is 12.0 Å². The van der Waals surface area contributed by atoms with Crippen molar-refractivity contribution in [2.45, 2.75) is 24.3 Å². The molecule has 1 aliphatic heterocycles. The molecule has 0 amide bonds. The summed E-state index contributed by atoms with van der Waals surface area (Å²) in [6, 6.07) is 10.2. The molecule has 2 aromatic carbocycles. The smallest absolute Gasteiger partial charge is 0.271 e. The molecule has 0 atom stereocenters. The van der Waals surface area contributed by atoms with E-state index < -0.39 is 14.9 Å². The molecule has 0 unspecified atom stereocenters. The maximum absolute atomic E-state index is 12.9. The molecule has 0 saturated carbocycles. The fraction of sp³-hybridized carbons (Fsp3) is 0.222. The monoisotopic (exact) mass is 415 g/mol. The molecule has 150 valence electrons. The molecule has 11 heteroatoms. The van der Waals surface area contributed by atoms with E-state index in [1.807, 2.05) is 10.6 Å². The zero-order valence-electron chi connectivity index (χ0n) is 15.4. The summed E-state index contributed by atoms with van der Waals surface area (Å²) in [5.74, 6) is 1.59. The second-order valence-corrected chi connectivity index (χ2v) is 8.12. The molecule has 1 aromatic heterocycles. The van der Waals surface area contributed by atoms with E-state index in [-0.39, 0.29) is 16.3 Å². The van der Waals surface area contributed by atoms with Crippen LogP contribution in [-0.2, 0) is 23.0 Å². The summed E-state index contributed by atoms with van der Waals surface area (Å²) in [5, 5.41) is 19.4. The average molecular weight is 415 g/mol. The fourth-order valence-electron chi connectivity index (χ4n) is 3.28. The van der Waals surface area contributed by atoms with E-state index in [2.05, 4.69) is 14.9 Å². The first-order valence-corrected chi connectivity index (χ1v) is 10.2. The van der Waals surface area contributed by atoms with E-state index in [1.165, 1.54) is 19.2 Å². The van der Waals surface area contributed by atoms with E-state index in [9.17, 15) is 18.5 Å². The molecule has 0 radical (unpaired) electrons. The fourth-order valence-corrected chi connectivity index (χ4v) is 4.52. The SMILES string of the molecule is COc1ccc([N+](=O)[O-])cc1S(=O)(=O)Nc1cccc(-c2nnc3n2CCC3)c1. The molecule has 1 N–H and O–H groups in total. The number of methoxy groups -OCH3 is 1. The molecule has 0 bridgehead atoms. The van der Waals surface area contributed by atoms with Crippen LogP contribution in [0.5, 0.6) is 5.75 Å². The van der Waals surface area contributed by atoms with Gasteiger partial charge in [0, 0.05) is 36.3 Å². The number of rotatable bonds is 6. The number of sulfonamides is 1. The number of aromatic nitrogens is 3. The highest BCUT2D eigenvalue weighted by atomic mass is 32.2. The van der Waals surface area contributed by atoms with Gasteiger partial charge in [-0.05, 0) is 24.6 Å². The zero-order chi connectivity index (χ0) is 20.6. The second-order valence-electron chi connectivity index (χ2n) is 6.47. The van der Waals surface area contributed by atoms with E-state index >= 15 is 0 Å². The van der Waals surface area contributed by atoms with E-state index in [4.69, 9.17) is 4.74 Å². The van der Waals surface area contributed by atoms with Crippen LogP contribution in [0.15, 0.2) is 47.4 Å². The first kappa shape index (κ1) is 18.9. The van der Waals surface area contributed by atoms with Crippen LogP contribution in [0.4, 0.5) is 11.4 Å². The van der Waals surface area contributed by atoms with Gasteiger partial charge in [-0.2, -0.15) is 0 Å². The van der Waals surface area contributed by atoms with Crippen molar-refractivity contribution in [2.75, 3.05) is 11.8 Å². The standard InChI is InChI=1S/C18H17N5O5S/c1-28-15-8-7-14(23(24)25)11-16(15)29(26,27)21-13-5-2-4-12(10-13)18-20-19-17-6-3-9-22(17)18/h2,4-5,7-8,10-11,21H,3,6,9H2,1H3. The second kappa shape index (κ2) is 7.17. The van der Waals surface area contributed by atoms with Crippen molar-refractivity contribution in [3.63, 3.8) is 0 Å². The van der Waals surface area contributed by atoms with Crippen molar-refractivity contribution in [1.29, 1.82) is 0 Å². The summed E-state index contributed by atoms with van der Waals surface area (Å²) in [6.07, 6.45) is 1.86. The van der Waals surface area contributed by atoms with Crippen LogP contribution in [0, 0.1) is 10.1 Å². The summed E-state index contributed by atoms with van der Waals surface area (Å²) in [7, 11) is -2.83. The Morgan fingerprint density at radius 3 is 2.79 bits per heavy atom. The van der Waals surface area contributed by atoms with E-state index in [0.717, 1.165) is 36.8 Å². The van der Waals surface area contributed by atoms with Crippen LogP contribution in [0.1, 0.15) is 12.2 Å². The quantitative estimate of drug-likeness (QED) is 0.484. The maximum atomic E-state index is 12.9. The van der Waals surface area contributed by atoms with Gasteiger partial charge in [0.15, 0.2) is 5.82 Å². The number of nitrogens with one attached hydrogen (secondary N) is 1. The first-order valence-electron chi connectivity index (χ1n) is 8.77. The molecule has 0 fully saturated rings. The van der Waals surface area contributed by atoms with Gasteiger partial charge in [0.25, 0.3) is 15.7 Å². The average Bonchev–Trinajstić information content (AvgIpc) is 3.31. The highest BCUT2D eigenvalue weighted by Crippen LogP contribution is 2.31. The zero-order valence-corrected chi connectivity index (χ0v) is 16.2. The molecular formula is C18H17N5O5S. The van der Waals surface area contributed by atoms with E-state index in [0.29, 0.717) is 11.5 Å². The van der Waals surface area contributed by atoms with Crippen molar-refractivity contribution in [3.05, 3.63) is 58.4 Å². The number of ether oxygens (including phenoxy) is 1. The van der Waals surface area contributed by atoms with Gasteiger partial charge in [-0.15, -0.1) is 10.2 Å². The van der Waals surface area contributed by atoms with Gasteiger partial charge in [-0.25, -0.2) is 8.42 Å². The Bertz CT molecular complexity index is 1210. The predicted octanol–water partition coefficient (Wildman–Crippen LogP) is 2.61. The Hall–Kier alpha value is -3.47. The summed E-state index contributed by atoms with van der Waals surface area (Å²) in [6.45, 7) is 0.818. The number of benzene rings is 2. The molecule has 29 heavy (non-hydrogen) atoms. The van der Waals surface area contributed by atoms with Crippen molar-refractivity contribution < 1.29 is 18.1 Å². The van der Waals surface area contributed by atoms with Crippen molar-refractivity contribution >= 4 is 21.4 Å². The third kappa shape index (κ3) is 3.51. The number of nitro groups is 1. The Morgan fingerprint density at radius 1 is 1.21 bits per heavy atom. The number of nitrogens with zero attached hydrogens (tertiary/aromatic N) is 4. The van der Waals surface area contributed by atoms with Crippen molar-refractivity contribution in [1.82, 2.24) is 14.8 Å². The van der Waals surface area contributed by atoms with E-state index in [1.54, 1.807) is 18.2 Å². The number of non-ortho nitro benzene ring substituents is 1. The number of hydrogen-bond acceptors (Lipinski definition) is 7. The minimum absolute atomic E-state index is 0.00883. The highest BCUT2D eigenvalue weighted by molar-refractivity contribution is 7.92. The molecule has 3 aromatic rings. The molecule has 0 saturated heterocycles. The van der Waals surface area contributed by atoms with Gasteiger partial charge in [0.2, 0.25) is 0 Å². The Kier molecular flexibility index (Phi) is 4.66. The van der Waals surface area contributed by atoms with Gasteiger partial charge in [-0.3, -0.25) is 14.8 Å². The van der Waals surface area contributed by atoms with Crippen LogP contribution >= 0.6 is 0 Å². The molecule has 0 spiro atoms. The van der Waals surface area contributed by atoms with Crippen LogP contribution in [0.3, 0.4) is 0 Å². The maximum Gasteiger partial charge on any atom is 0.271 e. The third-order valence-electron chi connectivity index (χ3n) is 4.63. The lowest BCUT2D eigenvalue weighted by atomic mass is 10.2. The Labute approximate surface area is 166 Å². The van der Waals surface area contributed by atoms with Gasteiger partial charge in [0.1, 0.15) is 16.5 Å². The lowest BCUT2D eigenvalue weighted by Crippen LogP contribution is -2.14. The summed E-state index contributed by atoms with van der Waals surface area (Å²) in [4.78, 5) is 10.1. The number of anilines is 1. The van der Waals surface area contributed by atoms with Crippen LogP contribution < -0.4 is 9.46 Å². The van der Waals surface area contributed by atoms with Crippen LogP contribution in [-0.4, -0.2) is 35.2 Å². The Balaban J connectivity index is 1.69. The summed E-state index contributed by atoms with van der Waals surface area (Å²) < 4.78 is 35.3. The number of aryl methyl sites for hydroxylation is 1. The minimum Gasteiger partial charge on any atom is -0.495 e. The van der Waals surface area contributed by atoms with Crippen LogP contribution in [0.2, 0.25) is 0 Å². The summed E-state index contributed by atoms with van der Waals surface area (Å²) >= 11 is 0. The van der Waals surface area contributed by atoms with Gasteiger partial charge in [-0.1, -0.05) is 12.1 Å². The normalized spacial score (nSPS) is 13.1. The molecule has 4 rings (SSSR count). The Morgan fingerprint density at radius 2 is 2.03 bits per heavy atom. The largest absolute Gasteiger partial charge is 0.495 e. The molecule has 10 nitrogen and oxygen atoms in total. The number of fused-ring (bicyclic) bond motifs is 1. The minimum atomic E-state index is -4.13. The number of nitro benzene ring substituents is 1.